The molecule has 0 aliphatic heterocycles. The predicted molar refractivity (Wildman–Crippen MR) is 100 cm³/mol. The van der Waals surface area contributed by atoms with E-state index in [2.05, 4.69) is 0 Å². The van der Waals surface area contributed by atoms with E-state index in [0.717, 1.165) is 0 Å². The molecule has 0 heterocycles. The van der Waals surface area contributed by atoms with Crippen molar-refractivity contribution in [1.82, 2.24) is 0 Å². The van der Waals surface area contributed by atoms with Crippen LogP contribution in [0.25, 0.3) is 0 Å². The lowest BCUT2D eigenvalue weighted by molar-refractivity contribution is 0.124. The summed E-state index contributed by atoms with van der Waals surface area (Å²) in [4.78, 5) is 0. The van der Waals surface area contributed by atoms with E-state index in [1.807, 2.05) is 27.7 Å². The van der Waals surface area contributed by atoms with E-state index in [1.54, 1.807) is 0 Å². The summed E-state index contributed by atoms with van der Waals surface area (Å²) in [6.07, 6.45) is 0. The topological polar surface area (TPSA) is 83.5 Å². The van der Waals surface area contributed by atoms with Gasteiger partial charge in [0.2, 0.25) is 5.75 Å². The van der Waals surface area contributed by atoms with Gasteiger partial charge in [0.25, 0.3) is 0 Å². The number of rotatable bonds is 11. The summed E-state index contributed by atoms with van der Waals surface area (Å²) in [6, 6.07) is 3.08. The second-order valence-corrected chi connectivity index (χ2v) is 8.84. The summed E-state index contributed by atoms with van der Waals surface area (Å²) in [6.45, 7) is 8.13. The lowest BCUT2D eigenvalue weighted by Crippen LogP contribution is -2.12. The Bertz CT molecular complexity index is 575. The number of ether oxygens (including phenoxy) is 3. The minimum absolute atomic E-state index is 0.137. The van der Waals surface area contributed by atoms with Gasteiger partial charge in [-0.05, 0) is 24.0 Å². The highest BCUT2D eigenvalue weighted by Gasteiger charge is 2.37. The molecule has 0 amide bonds. The van der Waals surface area contributed by atoms with E-state index in [-0.39, 0.29) is 25.0 Å². The molecule has 0 bridgehead atoms. The van der Waals surface area contributed by atoms with E-state index >= 15 is 0 Å². The van der Waals surface area contributed by atoms with Gasteiger partial charge in [0, 0.05) is 5.56 Å². The minimum atomic E-state index is -3.82. The molecule has 8 heteroatoms. The summed E-state index contributed by atoms with van der Waals surface area (Å²) in [5, 5.41) is 10.8. The van der Waals surface area contributed by atoms with Crippen LogP contribution in [0, 0.1) is 11.8 Å². The van der Waals surface area contributed by atoms with Crippen LogP contribution in [0.1, 0.15) is 39.1 Å². The number of methoxy groups -OCH3 is 3. The second kappa shape index (κ2) is 10.2. The van der Waals surface area contributed by atoms with Crippen LogP contribution in [0.5, 0.6) is 17.2 Å². The Morgan fingerprint density at radius 1 is 0.885 bits per heavy atom. The van der Waals surface area contributed by atoms with Crippen LogP contribution >= 0.6 is 7.60 Å². The highest BCUT2D eigenvalue weighted by atomic mass is 31.2. The Morgan fingerprint density at radius 3 is 1.62 bits per heavy atom. The first-order valence-corrected chi connectivity index (χ1v) is 10.2. The maximum Gasteiger partial charge on any atom is 0.363 e. The number of aliphatic hydroxyl groups excluding tert-OH is 1. The molecule has 150 valence electrons. The third-order valence-corrected chi connectivity index (χ3v) is 5.38. The van der Waals surface area contributed by atoms with Gasteiger partial charge in [-0.15, -0.1) is 0 Å². The summed E-state index contributed by atoms with van der Waals surface area (Å²) >= 11 is 0. The van der Waals surface area contributed by atoms with Gasteiger partial charge in [0.1, 0.15) is 0 Å². The van der Waals surface area contributed by atoms with Crippen molar-refractivity contribution in [3.63, 3.8) is 0 Å². The van der Waals surface area contributed by atoms with Gasteiger partial charge in [-0.1, -0.05) is 27.7 Å². The zero-order valence-corrected chi connectivity index (χ0v) is 17.5. The van der Waals surface area contributed by atoms with E-state index in [4.69, 9.17) is 23.3 Å². The Morgan fingerprint density at radius 2 is 1.31 bits per heavy atom. The van der Waals surface area contributed by atoms with Crippen molar-refractivity contribution in [1.29, 1.82) is 0 Å². The molecule has 0 fully saturated rings. The molecule has 0 aliphatic rings. The molecule has 1 aromatic carbocycles. The van der Waals surface area contributed by atoms with Crippen molar-refractivity contribution >= 4 is 7.60 Å². The van der Waals surface area contributed by atoms with Gasteiger partial charge in [-0.25, -0.2) is 0 Å². The Hall–Kier alpha value is -1.27. The number of hydrogen-bond acceptors (Lipinski definition) is 7. The van der Waals surface area contributed by atoms with Gasteiger partial charge in [-0.2, -0.15) is 0 Å². The van der Waals surface area contributed by atoms with Gasteiger partial charge in [-0.3, -0.25) is 4.57 Å². The molecule has 1 rings (SSSR count). The van der Waals surface area contributed by atoms with E-state index < -0.39 is 13.4 Å². The fraction of sp³-hybridized carbons (Fsp3) is 0.667. The molecule has 0 spiro atoms. The molecule has 0 saturated carbocycles. The van der Waals surface area contributed by atoms with Crippen LogP contribution in [-0.2, 0) is 13.6 Å². The third-order valence-electron chi connectivity index (χ3n) is 3.46. The molecule has 0 unspecified atom stereocenters. The first kappa shape index (κ1) is 22.8. The zero-order valence-electron chi connectivity index (χ0n) is 16.6. The monoisotopic (exact) mass is 390 g/mol. The summed E-state index contributed by atoms with van der Waals surface area (Å²) in [7, 11) is 0.604. The summed E-state index contributed by atoms with van der Waals surface area (Å²) in [5.41, 5.74) is 0.301. The van der Waals surface area contributed by atoms with Crippen molar-refractivity contribution in [3.05, 3.63) is 17.7 Å². The predicted octanol–water partition coefficient (Wildman–Crippen LogP) is 4.24. The standard InChI is InChI=1S/C18H31O7P/c1-12(2)10-24-26(20,25-11-13(3)4)18(19)14-8-15(21-5)17(23-7)16(9-14)22-6/h8-9,12-13,18-19H,10-11H2,1-7H3/t18-/m1/s1. The molecule has 1 atom stereocenters. The molecule has 7 nitrogen and oxygen atoms in total. The molecular formula is C18H31O7P. The highest BCUT2D eigenvalue weighted by molar-refractivity contribution is 7.54. The lowest BCUT2D eigenvalue weighted by Gasteiger charge is -2.26. The third kappa shape index (κ3) is 5.88. The maximum atomic E-state index is 13.3. The number of aliphatic hydroxyl groups is 1. The van der Waals surface area contributed by atoms with Crippen molar-refractivity contribution in [2.75, 3.05) is 34.5 Å². The SMILES string of the molecule is COc1cc([C@H](O)P(=O)(OCC(C)C)OCC(C)C)cc(OC)c1OC. The number of hydrogen-bond donors (Lipinski definition) is 1. The Labute approximate surface area is 156 Å². The molecule has 0 saturated heterocycles. The lowest BCUT2D eigenvalue weighted by atomic mass is 10.2. The molecule has 1 N–H and O–H groups in total. The van der Waals surface area contributed by atoms with E-state index in [0.29, 0.717) is 22.8 Å². The van der Waals surface area contributed by atoms with Crippen LogP contribution in [0.2, 0.25) is 0 Å². The van der Waals surface area contributed by atoms with Crippen LogP contribution in [0.4, 0.5) is 0 Å². The maximum absolute atomic E-state index is 13.3. The van der Waals surface area contributed by atoms with Crippen molar-refractivity contribution in [2.24, 2.45) is 11.8 Å². The smallest absolute Gasteiger partial charge is 0.363 e. The van der Waals surface area contributed by atoms with Crippen molar-refractivity contribution < 1.29 is 32.9 Å². The fourth-order valence-corrected chi connectivity index (χ4v) is 4.00. The van der Waals surface area contributed by atoms with Crippen LogP contribution < -0.4 is 14.2 Å². The Kier molecular flexibility index (Phi) is 8.90. The van der Waals surface area contributed by atoms with Gasteiger partial charge in [0.15, 0.2) is 17.3 Å². The molecular weight excluding hydrogens is 359 g/mol. The van der Waals surface area contributed by atoms with E-state index in [1.165, 1.54) is 33.5 Å². The van der Waals surface area contributed by atoms with Gasteiger partial charge in [0.05, 0.1) is 34.5 Å². The molecule has 0 aliphatic carbocycles. The average Bonchev–Trinajstić information content (AvgIpc) is 2.62. The van der Waals surface area contributed by atoms with Crippen LogP contribution in [-0.4, -0.2) is 39.6 Å². The van der Waals surface area contributed by atoms with Gasteiger partial charge < -0.3 is 28.4 Å². The fourth-order valence-electron chi connectivity index (χ4n) is 2.12. The molecule has 1 aromatic rings. The van der Waals surface area contributed by atoms with Crippen LogP contribution in [0.3, 0.4) is 0 Å². The second-order valence-electron chi connectivity index (χ2n) is 6.75. The Balaban J connectivity index is 3.28. The highest BCUT2D eigenvalue weighted by Crippen LogP contribution is 2.61. The normalized spacial score (nSPS) is 13.2. The average molecular weight is 390 g/mol. The summed E-state index contributed by atoms with van der Waals surface area (Å²) in [5.74, 6) is -0.128. The zero-order chi connectivity index (χ0) is 19.9. The van der Waals surface area contributed by atoms with Crippen LogP contribution in [0.15, 0.2) is 12.1 Å². The minimum Gasteiger partial charge on any atom is -0.493 e. The molecule has 0 radical (unpaired) electrons. The van der Waals surface area contributed by atoms with Gasteiger partial charge >= 0.3 is 7.60 Å². The van der Waals surface area contributed by atoms with Crippen molar-refractivity contribution in [2.45, 2.75) is 33.5 Å². The first-order chi connectivity index (χ1) is 12.2. The largest absolute Gasteiger partial charge is 0.493 e. The first-order valence-electron chi connectivity index (χ1n) is 8.55. The van der Waals surface area contributed by atoms with E-state index in [9.17, 15) is 9.67 Å². The molecule has 26 heavy (non-hydrogen) atoms. The number of benzene rings is 1. The van der Waals surface area contributed by atoms with Crippen molar-refractivity contribution in [3.8, 4) is 17.2 Å². The quantitative estimate of drug-likeness (QED) is 0.566. The molecule has 0 aromatic heterocycles. The summed E-state index contributed by atoms with van der Waals surface area (Å²) < 4.78 is 40.2.